The molecule has 4 heteroatoms. The molecular weight excluding hydrogens is 504 g/mol. The maximum absolute atomic E-state index is 13.5. The number of hydrogen-bond donors (Lipinski definition) is 0. The van der Waals surface area contributed by atoms with E-state index in [4.69, 9.17) is 5.10 Å². The van der Waals surface area contributed by atoms with Gasteiger partial charge < -0.3 is 0 Å². The maximum atomic E-state index is 13.5. The van der Waals surface area contributed by atoms with E-state index in [0.717, 1.165) is 28.9 Å². The molecule has 198 valence electrons. The third-order valence-electron chi connectivity index (χ3n) is 7.23. The number of carbonyl (C=O) groups excluding carboxylic acids is 2. The molecule has 5 aromatic rings. The van der Waals surface area contributed by atoms with Gasteiger partial charge in [0.05, 0.1) is 23.0 Å². The molecule has 0 saturated carbocycles. The summed E-state index contributed by atoms with van der Waals surface area (Å²) in [6.07, 6.45) is 2.47. The summed E-state index contributed by atoms with van der Waals surface area (Å²) in [5, 5.41) is 7.10. The standard InChI is InChI=1S/C37H28N2O2/c40-36(30-17-9-3-10-18-30)33(37(41)31-19-11-4-12-20-31)25-27-21-23-32(24-22-27)39-35(29-15-7-2-8-16-29)26-34(38-39)28-13-5-1-6-14-28/h1-25,35H,26H2. The summed E-state index contributed by atoms with van der Waals surface area (Å²) in [6, 6.07) is 46.4. The number of allylic oxidation sites excluding steroid dienone is 1. The smallest absolute Gasteiger partial charge is 0.196 e. The van der Waals surface area contributed by atoms with Crippen LogP contribution in [-0.4, -0.2) is 17.3 Å². The van der Waals surface area contributed by atoms with Gasteiger partial charge in [-0.1, -0.05) is 133 Å². The number of hydrogen-bond acceptors (Lipinski definition) is 4. The number of benzene rings is 5. The summed E-state index contributed by atoms with van der Waals surface area (Å²) in [7, 11) is 0. The third-order valence-corrected chi connectivity index (χ3v) is 7.23. The highest BCUT2D eigenvalue weighted by Crippen LogP contribution is 2.37. The molecule has 0 fully saturated rings. The van der Waals surface area contributed by atoms with E-state index in [1.807, 2.05) is 60.7 Å². The molecule has 0 radical (unpaired) electrons. The van der Waals surface area contributed by atoms with Gasteiger partial charge in [0, 0.05) is 17.5 Å². The molecule has 0 aromatic heterocycles. The van der Waals surface area contributed by atoms with E-state index < -0.39 is 0 Å². The summed E-state index contributed by atoms with van der Waals surface area (Å²) in [5.41, 5.74) is 6.12. The molecule has 1 aliphatic rings. The van der Waals surface area contributed by atoms with Crippen LogP contribution in [0.1, 0.15) is 49.9 Å². The van der Waals surface area contributed by atoms with Crippen molar-refractivity contribution in [1.82, 2.24) is 0 Å². The number of Topliss-reactive ketones (excluding diaryl/α,β-unsaturated/α-hetero) is 2. The zero-order valence-electron chi connectivity index (χ0n) is 22.4. The monoisotopic (exact) mass is 532 g/mol. The minimum atomic E-state index is -0.302. The molecule has 0 aliphatic carbocycles. The van der Waals surface area contributed by atoms with Crippen LogP contribution < -0.4 is 5.01 Å². The molecule has 0 spiro atoms. The van der Waals surface area contributed by atoms with Crippen LogP contribution >= 0.6 is 0 Å². The fraction of sp³-hybridized carbons (Fsp3) is 0.0541. The maximum Gasteiger partial charge on any atom is 0.196 e. The van der Waals surface area contributed by atoms with E-state index >= 15 is 0 Å². The fourth-order valence-corrected chi connectivity index (χ4v) is 5.10. The van der Waals surface area contributed by atoms with Crippen molar-refractivity contribution in [1.29, 1.82) is 0 Å². The van der Waals surface area contributed by atoms with Crippen molar-refractivity contribution >= 4 is 29.0 Å². The van der Waals surface area contributed by atoms with Crippen LogP contribution in [0.4, 0.5) is 5.69 Å². The molecule has 0 bridgehead atoms. The highest BCUT2D eigenvalue weighted by Gasteiger charge is 2.30. The molecule has 6 rings (SSSR count). The normalized spacial score (nSPS) is 14.3. The summed E-state index contributed by atoms with van der Waals surface area (Å²) < 4.78 is 0. The van der Waals surface area contributed by atoms with E-state index in [1.165, 1.54) is 5.56 Å². The number of carbonyl (C=O) groups is 2. The predicted octanol–water partition coefficient (Wildman–Crippen LogP) is 8.19. The SMILES string of the molecule is O=C(C(=Cc1ccc(N2N=C(c3ccccc3)CC2c2ccccc2)cc1)C(=O)c1ccccc1)c1ccccc1. The van der Waals surface area contributed by atoms with E-state index in [1.54, 1.807) is 54.6 Å². The number of hydrazone groups is 1. The first-order valence-corrected chi connectivity index (χ1v) is 13.7. The Bertz CT molecular complexity index is 1660. The summed E-state index contributed by atoms with van der Waals surface area (Å²) >= 11 is 0. The Balaban J connectivity index is 1.35. The second kappa shape index (κ2) is 11.8. The molecule has 1 unspecified atom stereocenters. The number of rotatable bonds is 8. The van der Waals surface area contributed by atoms with Gasteiger partial charge in [-0.3, -0.25) is 14.6 Å². The Hall–Kier alpha value is -5.35. The second-order valence-electron chi connectivity index (χ2n) is 9.93. The molecule has 0 amide bonds. The third kappa shape index (κ3) is 5.68. The molecule has 4 nitrogen and oxygen atoms in total. The minimum Gasteiger partial charge on any atom is -0.288 e. The van der Waals surface area contributed by atoms with E-state index in [9.17, 15) is 9.59 Å². The lowest BCUT2D eigenvalue weighted by atomic mass is 9.94. The van der Waals surface area contributed by atoms with Gasteiger partial charge in [-0.25, -0.2) is 0 Å². The van der Waals surface area contributed by atoms with Crippen molar-refractivity contribution < 1.29 is 9.59 Å². The van der Waals surface area contributed by atoms with Crippen molar-refractivity contribution in [2.24, 2.45) is 5.10 Å². The molecule has 0 saturated heterocycles. The Labute approximate surface area is 239 Å². The Kier molecular flexibility index (Phi) is 7.46. The van der Waals surface area contributed by atoms with Crippen LogP contribution in [0.3, 0.4) is 0 Å². The van der Waals surface area contributed by atoms with Gasteiger partial charge in [0.2, 0.25) is 0 Å². The van der Waals surface area contributed by atoms with Crippen molar-refractivity contribution in [3.05, 3.63) is 179 Å². The van der Waals surface area contributed by atoms with Gasteiger partial charge >= 0.3 is 0 Å². The minimum absolute atomic E-state index is 0.0580. The summed E-state index contributed by atoms with van der Waals surface area (Å²) in [4.78, 5) is 27.0. The zero-order valence-corrected chi connectivity index (χ0v) is 22.4. The van der Waals surface area contributed by atoms with E-state index in [2.05, 4.69) is 41.4 Å². The van der Waals surface area contributed by atoms with Crippen LogP contribution in [0, 0.1) is 0 Å². The van der Waals surface area contributed by atoms with Crippen molar-refractivity contribution in [2.45, 2.75) is 12.5 Å². The van der Waals surface area contributed by atoms with E-state index in [-0.39, 0.29) is 23.2 Å². The lowest BCUT2D eigenvalue weighted by molar-refractivity contribution is 0.0964. The molecule has 1 atom stereocenters. The average Bonchev–Trinajstić information content (AvgIpc) is 3.51. The van der Waals surface area contributed by atoms with E-state index in [0.29, 0.717) is 11.1 Å². The Morgan fingerprint density at radius 3 is 1.63 bits per heavy atom. The van der Waals surface area contributed by atoms with Crippen molar-refractivity contribution in [3.63, 3.8) is 0 Å². The molecule has 5 aromatic carbocycles. The van der Waals surface area contributed by atoms with Crippen LogP contribution in [0.2, 0.25) is 0 Å². The molecule has 0 N–H and O–H groups in total. The molecular formula is C37H28N2O2. The van der Waals surface area contributed by atoms with Crippen molar-refractivity contribution in [2.75, 3.05) is 5.01 Å². The highest BCUT2D eigenvalue weighted by molar-refractivity contribution is 6.33. The van der Waals surface area contributed by atoms with Gasteiger partial charge in [-0.15, -0.1) is 0 Å². The molecule has 1 heterocycles. The predicted molar refractivity (Wildman–Crippen MR) is 165 cm³/mol. The van der Waals surface area contributed by atoms with Crippen LogP contribution in [-0.2, 0) is 0 Å². The molecule has 1 aliphatic heterocycles. The number of nitrogens with zero attached hydrogens (tertiary/aromatic N) is 2. The second-order valence-corrected chi connectivity index (χ2v) is 9.93. The quantitative estimate of drug-likeness (QED) is 0.0876. The summed E-state index contributed by atoms with van der Waals surface area (Å²) in [5.74, 6) is -0.603. The fourth-order valence-electron chi connectivity index (χ4n) is 5.10. The lowest BCUT2D eigenvalue weighted by Crippen LogP contribution is -2.18. The van der Waals surface area contributed by atoms with Gasteiger partial charge in [0.25, 0.3) is 0 Å². The van der Waals surface area contributed by atoms with Gasteiger partial charge in [-0.05, 0) is 34.9 Å². The topological polar surface area (TPSA) is 49.7 Å². The molecule has 41 heavy (non-hydrogen) atoms. The number of anilines is 1. The van der Waals surface area contributed by atoms with Crippen LogP contribution in [0.25, 0.3) is 6.08 Å². The Morgan fingerprint density at radius 2 is 1.10 bits per heavy atom. The number of ketones is 2. The lowest BCUT2D eigenvalue weighted by Gasteiger charge is -2.24. The largest absolute Gasteiger partial charge is 0.288 e. The first kappa shape index (κ1) is 25.9. The average molecular weight is 533 g/mol. The van der Waals surface area contributed by atoms with Gasteiger partial charge in [-0.2, -0.15) is 5.10 Å². The summed E-state index contributed by atoms with van der Waals surface area (Å²) in [6.45, 7) is 0. The highest BCUT2D eigenvalue weighted by atomic mass is 16.1. The van der Waals surface area contributed by atoms with Gasteiger partial charge in [0.15, 0.2) is 11.6 Å². The first-order valence-electron chi connectivity index (χ1n) is 13.7. The zero-order chi connectivity index (χ0) is 28.0. The van der Waals surface area contributed by atoms with Crippen molar-refractivity contribution in [3.8, 4) is 0 Å². The van der Waals surface area contributed by atoms with Crippen LogP contribution in [0.5, 0.6) is 0 Å². The Morgan fingerprint density at radius 1 is 0.610 bits per heavy atom. The van der Waals surface area contributed by atoms with Crippen LogP contribution in [0.15, 0.2) is 156 Å². The van der Waals surface area contributed by atoms with Gasteiger partial charge in [0.1, 0.15) is 0 Å². The first-order chi connectivity index (χ1) is 20.2.